The Morgan fingerprint density at radius 2 is 1.95 bits per heavy atom. The lowest BCUT2D eigenvalue weighted by molar-refractivity contribution is -0.272. The highest BCUT2D eigenvalue weighted by Gasteiger charge is 2.65. The summed E-state index contributed by atoms with van der Waals surface area (Å²) in [6.45, 7) is 0.369. The number of nitrogens with one attached hydrogen (secondary N) is 1. The van der Waals surface area contributed by atoms with Gasteiger partial charge in [0.05, 0.1) is 23.7 Å². The molecule has 3 heterocycles. The van der Waals surface area contributed by atoms with Crippen molar-refractivity contribution in [2.24, 2.45) is 5.92 Å². The molecule has 2 aromatic rings. The minimum Gasteiger partial charge on any atom is -0.390 e. The molecule has 4 rings (SSSR count). The summed E-state index contributed by atoms with van der Waals surface area (Å²) in [7, 11) is 0. The first-order valence-corrected chi connectivity index (χ1v) is 11.4. The van der Waals surface area contributed by atoms with E-state index in [9.17, 15) is 40.6 Å². The van der Waals surface area contributed by atoms with E-state index < -0.39 is 59.9 Å². The zero-order chi connectivity index (χ0) is 27.4. The summed E-state index contributed by atoms with van der Waals surface area (Å²) in [4.78, 5) is 14.8. The number of carbonyl (C=O) groups is 1. The first-order valence-electron chi connectivity index (χ1n) is 11.4. The molecule has 1 aromatic carbocycles. The van der Waals surface area contributed by atoms with Crippen LogP contribution in [0.4, 0.5) is 36.4 Å². The van der Waals surface area contributed by atoms with Gasteiger partial charge in [-0.2, -0.15) is 27.1 Å². The second-order valence-corrected chi connectivity index (χ2v) is 9.61. The number of nitrogens with zero attached hydrogens (tertiary/aromatic N) is 3. The summed E-state index contributed by atoms with van der Waals surface area (Å²) in [5.74, 6) is -6.40. The molecular formula is C23H25F7N4O3. The Morgan fingerprint density at radius 3 is 2.49 bits per heavy atom. The van der Waals surface area contributed by atoms with Gasteiger partial charge in [0.2, 0.25) is 0 Å². The van der Waals surface area contributed by atoms with E-state index in [0.29, 0.717) is 0 Å². The van der Waals surface area contributed by atoms with E-state index in [1.165, 1.54) is 13.8 Å². The van der Waals surface area contributed by atoms with Gasteiger partial charge in [-0.3, -0.25) is 9.69 Å². The molecule has 204 valence electrons. The second kappa shape index (κ2) is 9.55. The maximum Gasteiger partial charge on any atom is 0.417 e. The van der Waals surface area contributed by atoms with Crippen LogP contribution in [0.15, 0.2) is 18.3 Å². The van der Waals surface area contributed by atoms with Gasteiger partial charge < -0.3 is 15.2 Å². The lowest BCUT2D eigenvalue weighted by Gasteiger charge is -2.37. The van der Waals surface area contributed by atoms with Gasteiger partial charge in [-0.05, 0) is 25.5 Å². The predicted molar refractivity (Wildman–Crippen MR) is 116 cm³/mol. The highest BCUT2D eigenvalue weighted by Crippen LogP contribution is 2.54. The number of likely N-dealkylation sites (tertiary alicyclic amines) is 1. The average molecular weight is 538 g/mol. The van der Waals surface area contributed by atoms with Crippen molar-refractivity contribution in [3.63, 3.8) is 0 Å². The Hall–Kier alpha value is -2.71. The Bertz CT molecular complexity index is 1180. The fourth-order valence-electron chi connectivity index (χ4n) is 4.91. The smallest absolute Gasteiger partial charge is 0.390 e. The van der Waals surface area contributed by atoms with Crippen molar-refractivity contribution >= 4 is 11.6 Å². The fraction of sp³-hybridized carbons (Fsp3) is 0.565. The lowest BCUT2D eigenvalue weighted by atomic mass is 9.75. The number of aliphatic hydroxyl groups excluding tert-OH is 1. The van der Waals surface area contributed by atoms with Crippen LogP contribution in [0.25, 0.3) is 0 Å². The molecule has 1 amide bonds. The lowest BCUT2D eigenvalue weighted by Crippen LogP contribution is -2.50. The number of rotatable bonds is 6. The first kappa shape index (κ1) is 27.3. The van der Waals surface area contributed by atoms with Crippen molar-refractivity contribution < 1.29 is 45.4 Å². The summed E-state index contributed by atoms with van der Waals surface area (Å²) < 4.78 is 103. The molecule has 0 spiro atoms. The Morgan fingerprint density at radius 1 is 1.30 bits per heavy atom. The van der Waals surface area contributed by atoms with Gasteiger partial charge in [0.1, 0.15) is 6.10 Å². The largest absolute Gasteiger partial charge is 0.417 e. The number of halogens is 7. The molecule has 0 unspecified atom stereocenters. The number of hydrogen-bond donors (Lipinski definition) is 2. The van der Waals surface area contributed by atoms with E-state index in [0.717, 1.165) is 25.3 Å². The van der Waals surface area contributed by atoms with Crippen molar-refractivity contribution in [2.45, 2.75) is 63.8 Å². The number of carbonyl (C=O) groups excluding carboxylic acids is 1. The third-order valence-electron chi connectivity index (χ3n) is 7.21. The standard InChI is InChI=1S/C23H25F7N4O3/c1-10-17(13-4-5-15(24)18(25)14(13)8-33-6-12(35)7-33)19(37-22(10,3)23(28,29)30)20(36)31-16-9-34(21(26)27)32-11(16)2/h4-5,9-10,12,17,19,21,35H,6-8H2,1-3H3,(H,31,36)/t10-,17-,19+,22+/m0/s1. The van der Waals surface area contributed by atoms with E-state index in [-0.39, 0.29) is 46.8 Å². The van der Waals surface area contributed by atoms with E-state index in [2.05, 4.69) is 10.4 Å². The van der Waals surface area contributed by atoms with Gasteiger partial charge in [-0.25, -0.2) is 13.5 Å². The number of aliphatic hydroxyl groups is 1. The van der Waals surface area contributed by atoms with E-state index in [1.807, 2.05) is 0 Å². The molecular weight excluding hydrogens is 513 g/mol. The van der Waals surface area contributed by atoms with Crippen LogP contribution in [0.2, 0.25) is 0 Å². The number of aryl methyl sites for hydroxylation is 1. The molecule has 2 N–H and O–H groups in total. The van der Waals surface area contributed by atoms with Crippen LogP contribution in [0.5, 0.6) is 0 Å². The summed E-state index contributed by atoms with van der Waals surface area (Å²) in [5.41, 5.74) is -3.32. The number of hydrogen-bond acceptors (Lipinski definition) is 5. The summed E-state index contributed by atoms with van der Waals surface area (Å²) in [5, 5.41) is 15.4. The highest BCUT2D eigenvalue weighted by atomic mass is 19.4. The van der Waals surface area contributed by atoms with Gasteiger partial charge >= 0.3 is 12.7 Å². The number of anilines is 1. The monoisotopic (exact) mass is 538 g/mol. The molecule has 0 radical (unpaired) electrons. The average Bonchev–Trinajstić information content (AvgIpc) is 3.28. The summed E-state index contributed by atoms with van der Waals surface area (Å²) in [6.07, 6.45) is -6.61. The van der Waals surface area contributed by atoms with Crippen LogP contribution in [0.3, 0.4) is 0 Å². The molecule has 7 nitrogen and oxygen atoms in total. The molecule has 0 aliphatic carbocycles. The molecule has 2 fully saturated rings. The SMILES string of the molecule is Cc1nn(C(F)F)cc1NC(=O)[C@@H]1O[C@@](C)(C(F)(F)F)[C@@H](C)[C@H]1c1ccc(F)c(F)c1CN1CC(O)C1. The zero-order valence-corrected chi connectivity index (χ0v) is 20.0. The third kappa shape index (κ3) is 4.81. The van der Waals surface area contributed by atoms with Gasteiger partial charge in [-0.1, -0.05) is 13.0 Å². The van der Waals surface area contributed by atoms with Crippen LogP contribution in [-0.4, -0.2) is 62.8 Å². The Labute approximate surface area is 207 Å². The maximum atomic E-state index is 15.0. The van der Waals surface area contributed by atoms with Crippen LogP contribution >= 0.6 is 0 Å². The van der Waals surface area contributed by atoms with Crippen LogP contribution in [-0.2, 0) is 16.1 Å². The number of benzene rings is 1. The van der Waals surface area contributed by atoms with Crippen LogP contribution < -0.4 is 5.32 Å². The molecule has 14 heteroatoms. The minimum absolute atomic E-state index is 0.0142. The maximum absolute atomic E-state index is 15.0. The number of amides is 1. The normalized spacial score (nSPS) is 27.1. The first-order chi connectivity index (χ1) is 17.1. The molecule has 2 saturated heterocycles. The van der Waals surface area contributed by atoms with Gasteiger partial charge in [0.25, 0.3) is 5.91 Å². The molecule has 0 bridgehead atoms. The molecule has 2 aliphatic heterocycles. The number of ether oxygens (including phenoxy) is 1. The second-order valence-electron chi connectivity index (χ2n) is 9.61. The zero-order valence-electron chi connectivity index (χ0n) is 20.0. The fourth-order valence-corrected chi connectivity index (χ4v) is 4.91. The van der Waals surface area contributed by atoms with Gasteiger partial charge in [-0.15, -0.1) is 0 Å². The third-order valence-corrected chi connectivity index (χ3v) is 7.21. The highest BCUT2D eigenvalue weighted by molar-refractivity contribution is 5.95. The Balaban J connectivity index is 1.75. The summed E-state index contributed by atoms with van der Waals surface area (Å²) in [6, 6.07) is 1.89. The molecule has 0 saturated carbocycles. The van der Waals surface area contributed by atoms with Crippen molar-refractivity contribution in [3.05, 3.63) is 46.8 Å². The molecule has 1 aromatic heterocycles. The molecule has 37 heavy (non-hydrogen) atoms. The number of alkyl halides is 5. The van der Waals surface area contributed by atoms with Crippen molar-refractivity contribution in [1.82, 2.24) is 14.7 Å². The minimum atomic E-state index is -4.93. The molecule has 2 aliphatic rings. The van der Waals surface area contributed by atoms with E-state index in [1.54, 1.807) is 4.90 Å². The van der Waals surface area contributed by atoms with E-state index in [4.69, 9.17) is 4.74 Å². The Kier molecular flexibility index (Phi) is 7.05. The quantitative estimate of drug-likeness (QED) is 0.542. The molecule has 4 atom stereocenters. The van der Waals surface area contributed by atoms with Crippen molar-refractivity contribution in [2.75, 3.05) is 18.4 Å². The van der Waals surface area contributed by atoms with Gasteiger partial charge in [0, 0.05) is 37.0 Å². The summed E-state index contributed by atoms with van der Waals surface area (Å²) >= 11 is 0. The number of β-amino-alcohol motifs (C(OH)–C–C–N with tert-alkyl or cyclic N) is 1. The van der Waals surface area contributed by atoms with E-state index >= 15 is 0 Å². The van der Waals surface area contributed by atoms with Crippen LogP contribution in [0.1, 0.15) is 43.1 Å². The predicted octanol–water partition coefficient (Wildman–Crippen LogP) is 4.12. The topological polar surface area (TPSA) is 79.6 Å². The van der Waals surface area contributed by atoms with Crippen molar-refractivity contribution in [1.29, 1.82) is 0 Å². The van der Waals surface area contributed by atoms with Crippen LogP contribution in [0, 0.1) is 24.5 Å². The van der Waals surface area contributed by atoms with Gasteiger partial charge in [0.15, 0.2) is 17.2 Å². The number of aromatic nitrogens is 2. The van der Waals surface area contributed by atoms with Crippen molar-refractivity contribution in [3.8, 4) is 0 Å².